The minimum atomic E-state index is 0.295. The molecular formula is C14H26N4O. The molecule has 2 heterocycles. The van der Waals surface area contributed by atoms with Gasteiger partial charge in [0.2, 0.25) is 6.39 Å². The third-order valence-electron chi connectivity index (χ3n) is 4.08. The van der Waals surface area contributed by atoms with E-state index in [-0.39, 0.29) is 0 Å². The second-order valence-electron chi connectivity index (χ2n) is 6.48. The Morgan fingerprint density at radius 3 is 2.84 bits per heavy atom. The van der Waals surface area contributed by atoms with Crippen LogP contribution in [0.4, 0.5) is 0 Å². The smallest absolute Gasteiger partial charge is 0.213 e. The van der Waals surface area contributed by atoms with Crippen LogP contribution in [0.3, 0.4) is 0 Å². The number of piperazine rings is 1. The topological polar surface area (TPSA) is 54.2 Å². The molecule has 0 spiro atoms. The van der Waals surface area contributed by atoms with Crippen LogP contribution < -0.4 is 5.32 Å². The zero-order valence-corrected chi connectivity index (χ0v) is 12.5. The molecule has 1 aromatic heterocycles. The Labute approximate surface area is 115 Å². The summed E-state index contributed by atoms with van der Waals surface area (Å²) in [6, 6.07) is 1.16. The van der Waals surface area contributed by atoms with Crippen molar-refractivity contribution in [1.82, 2.24) is 20.4 Å². The van der Waals surface area contributed by atoms with Gasteiger partial charge in [-0.25, -0.2) is 0 Å². The van der Waals surface area contributed by atoms with Crippen molar-refractivity contribution < 1.29 is 4.52 Å². The summed E-state index contributed by atoms with van der Waals surface area (Å²) in [4.78, 5) is 6.67. The molecule has 2 atom stereocenters. The highest BCUT2D eigenvalue weighted by atomic mass is 16.5. The molecule has 0 saturated carbocycles. The summed E-state index contributed by atoms with van der Waals surface area (Å²) >= 11 is 0. The maximum absolute atomic E-state index is 4.79. The highest BCUT2D eigenvalue weighted by molar-refractivity contribution is 4.92. The van der Waals surface area contributed by atoms with Crippen LogP contribution in [0, 0.1) is 5.41 Å². The SMILES string of the molecule is CCC1CNC(C(C)(C)C)CN1CCc1ncon1. The van der Waals surface area contributed by atoms with Crippen LogP contribution in [-0.2, 0) is 6.42 Å². The van der Waals surface area contributed by atoms with Gasteiger partial charge in [-0.1, -0.05) is 32.9 Å². The van der Waals surface area contributed by atoms with E-state index in [0.29, 0.717) is 17.5 Å². The molecule has 1 N–H and O–H groups in total. The van der Waals surface area contributed by atoms with E-state index in [2.05, 4.69) is 48.1 Å². The van der Waals surface area contributed by atoms with E-state index in [0.717, 1.165) is 31.9 Å². The number of hydrogen-bond acceptors (Lipinski definition) is 5. The molecule has 0 radical (unpaired) electrons. The van der Waals surface area contributed by atoms with Gasteiger partial charge in [-0.2, -0.15) is 4.98 Å². The molecule has 1 fully saturated rings. The molecule has 2 rings (SSSR count). The van der Waals surface area contributed by atoms with E-state index in [1.807, 2.05) is 0 Å². The fourth-order valence-electron chi connectivity index (χ4n) is 2.66. The molecule has 5 nitrogen and oxygen atoms in total. The fourth-order valence-corrected chi connectivity index (χ4v) is 2.66. The van der Waals surface area contributed by atoms with Gasteiger partial charge in [-0.15, -0.1) is 0 Å². The number of nitrogens with zero attached hydrogens (tertiary/aromatic N) is 3. The van der Waals surface area contributed by atoms with Gasteiger partial charge in [-0.3, -0.25) is 4.90 Å². The van der Waals surface area contributed by atoms with Gasteiger partial charge in [0.15, 0.2) is 5.82 Å². The Morgan fingerprint density at radius 2 is 2.26 bits per heavy atom. The molecular weight excluding hydrogens is 240 g/mol. The summed E-state index contributed by atoms with van der Waals surface area (Å²) in [5.74, 6) is 0.806. The molecule has 1 saturated heterocycles. The van der Waals surface area contributed by atoms with Crippen molar-refractivity contribution in [2.24, 2.45) is 5.41 Å². The molecule has 0 bridgehead atoms. The average molecular weight is 266 g/mol. The van der Waals surface area contributed by atoms with Crippen molar-refractivity contribution in [2.45, 2.75) is 52.6 Å². The summed E-state index contributed by atoms with van der Waals surface area (Å²) in [6.45, 7) is 12.3. The average Bonchev–Trinajstić information content (AvgIpc) is 2.88. The third kappa shape index (κ3) is 3.76. The van der Waals surface area contributed by atoms with E-state index >= 15 is 0 Å². The van der Waals surface area contributed by atoms with Crippen molar-refractivity contribution in [2.75, 3.05) is 19.6 Å². The first-order valence-corrected chi connectivity index (χ1v) is 7.23. The molecule has 2 unspecified atom stereocenters. The maximum Gasteiger partial charge on any atom is 0.213 e. The zero-order valence-electron chi connectivity index (χ0n) is 12.5. The van der Waals surface area contributed by atoms with Gasteiger partial charge in [0.1, 0.15) is 0 Å². The van der Waals surface area contributed by atoms with E-state index < -0.39 is 0 Å². The minimum absolute atomic E-state index is 0.295. The van der Waals surface area contributed by atoms with Crippen molar-refractivity contribution in [3.8, 4) is 0 Å². The predicted molar refractivity (Wildman–Crippen MR) is 74.9 cm³/mol. The number of hydrogen-bond donors (Lipinski definition) is 1. The summed E-state index contributed by atoms with van der Waals surface area (Å²) in [5.41, 5.74) is 0.295. The number of aromatic nitrogens is 2. The Morgan fingerprint density at radius 1 is 1.47 bits per heavy atom. The van der Waals surface area contributed by atoms with E-state index in [4.69, 9.17) is 4.52 Å². The van der Waals surface area contributed by atoms with Crippen LogP contribution in [0.1, 0.15) is 39.9 Å². The summed E-state index contributed by atoms with van der Waals surface area (Å²) in [5, 5.41) is 7.58. The first-order chi connectivity index (χ1) is 9.00. The van der Waals surface area contributed by atoms with Crippen LogP contribution in [-0.4, -0.2) is 46.8 Å². The molecule has 0 aromatic carbocycles. The van der Waals surface area contributed by atoms with Crippen LogP contribution in [0.15, 0.2) is 10.9 Å². The highest BCUT2D eigenvalue weighted by Gasteiger charge is 2.33. The Bertz CT molecular complexity index is 371. The van der Waals surface area contributed by atoms with E-state index in [1.54, 1.807) is 0 Å². The molecule has 0 amide bonds. The van der Waals surface area contributed by atoms with Gasteiger partial charge in [-0.05, 0) is 11.8 Å². The highest BCUT2D eigenvalue weighted by Crippen LogP contribution is 2.24. The minimum Gasteiger partial charge on any atom is -0.343 e. The van der Waals surface area contributed by atoms with Crippen LogP contribution >= 0.6 is 0 Å². The Balaban J connectivity index is 1.94. The van der Waals surface area contributed by atoms with Gasteiger partial charge >= 0.3 is 0 Å². The Hall–Kier alpha value is -0.940. The van der Waals surface area contributed by atoms with Crippen molar-refractivity contribution in [1.29, 1.82) is 0 Å². The normalized spacial score (nSPS) is 25.7. The maximum atomic E-state index is 4.79. The standard InChI is InChI=1S/C14H26N4O/c1-5-11-8-15-12(14(2,3)4)9-18(11)7-6-13-16-10-19-17-13/h10-12,15H,5-9H2,1-4H3. The molecule has 1 aliphatic heterocycles. The molecule has 0 aliphatic carbocycles. The van der Waals surface area contributed by atoms with Crippen molar-refractivity contribution >= 4 is 0 Å². The number of nitrogens with one attached hydrogen (secondary N) is 1. The van der Waals surface area contributed by atoms with Gasteiger partial charge < -0.3 is 9.84 Å². The summed E-state index contributed by atoms with van der Waals surface area (Å²) in [6.07, 6.45) is 3.45. The van der Waals surface area contributed by atoms with E-state index in [9.17, 15) is 0 Å². The van der Waals surface area contributed by atoms with Gasteiger partial charge in [0.05, 0.1) is 0 Å². The molecule has 5 heteroatoms. The molecule has 1 aromatic rings. The zero-order chi connectivity index (χ0) is 13.9. The molecule has 1 aliphatic rings. The first-order valence-electron chi connectivity index (χ1n) is 7.23. The quantitative estimate of drug-likeness (QED) is 0.899. The molecule has 108 valence electrons. The van der Waals surface area contributed by atoms with Crippen LogP contribution in [0.5, 0.6) is 0 Å². The lowest BCUT2D eigenvalue weighted by Gasteiger charge is -2.44. The Kier molecular flexibility index (Phi) is 4.58. The van der Waals surface area contributed by atoms with Crippen LogP contribution in [0.2, 0.25) is 0 Å². The van der Waals surface area contributed by atoms with Crippen LogP contribution in [0.25, 0.3) is 0 Å². The van der Waals surface area contributed by atoms with Crippen molar-refractivity contribution in [3.63, 3.8) is 0 Å². The lowest BCUT2D eigenvalue weighted by molar-refractivity contribution is 0.0840. The lowest BCUT2D eigenvalue weighted by Crippen LogP contribution is -2.60. The number of rotatable bonds is 4. The fraction of sp³-hybridized carbons (Fsp3) is 0.857. The van der Waals surface area contributed by atoms with Crippen molar-refractivity contribution in [3.05, 3.63) is 12.2 Å². The largest absolute Gasteiger partial charge is 0.343 e. The summed E-state index contributed by atoms with van der Waals surface area (Å²) in [7, 11) is 0. The van der Waals surface area contributed by atoms with Gasteiger partial charge in [0, 0.05) is 38.1 Å². The monoisotopic (exact) mass is 266 g/mol. The third-order valence-corrected chi connectivity index (χ3v) is 4.08. The van der Waals surface area contributed by atoms with E-state index in [1.165, 1.54) is 12.8 Å². The molecule has 19 heavy (non-hydrogen) atoms. The lowest BCUT2D eigenvalue weighted by atomic mass is 9.84. The second kappa shape index (κ2) is 6.01. The predicted octanol–water partition coefficient (Wildman–Crippen LogP) is 1.71. The van der Waals surface area contributed by atoms with Gasteiger partial charge in [0.25, 0.3) is 0 Å². The second-order valence-corrected chi connectivity index (χ2v) is 6.48. The first kappa shape index (κ1) is 14.5. The summed E-state index contributed by atoms with van der Waals surface area (Å²) < 4.78 is 4.79.